The number of aryl methyl sites for hydroxylation is 2. The van der Waals surface area contributed by atoms with Crippen molar-refractivity contribution >= 4 is 29.5 Å². The Hall–Kier alpha value is -7.14. The highest BCUT2D eigenvalue weighted by Crippen LogP contribution is 2.40. The van der Waals surface area contributed by atoms with Gasteiger partial charge in [0.1, 0.15) is 61.2 Å². The van der Waals surface area contributed by atoms with Crippen molar-refractivity contribution in [2.45, 2.75) is 84.0 Å². The lowest BCUT2D eigenvalue weighted by molar-refractivity contribution is -0.141. The summed E-state index contributed by atoms with van der Waals surface area (Å²) in [4.78, 5) is 81.1. The van der Waals surface area contributed by atoms with Crippen LogP contribution < -0.4 is 52.7 Å². The lowest BCUT2D eigenvalue weighted by Crippen LogP contribution is -2.56. The lowest BCUT2D eigenvalue weighted by atomic mass is 9.93. The number of hydrogen-bond donors (Lipinski definition) is 7. The first-order valence-corrected chi connectivity index (χ1v) is 22.8. The number of nitriles is 1. The molecular weight excluding hydrogens is 871 g/mol. The van der Waals surface area contributed by atoms with Crippen molar-refractivity contribution < 1.29 is 38.2 Å². The Bertz CT molecular complexity index is 2440. The molecule has 19 heteroatoms. The fourth-order valence-electron chi connectivity index (χ4n) is 7.78. The molecule has 3 aromatic carbocycles. The number of fused-ring (bicyclic) bond motifs is 5. The van der Waals surface area contributed by atoms with E-state index in [2.05, 4.69) is 38.2 Å². The van der Waals surface area contributed by atoms with Crippen molar-refractivity contribution in [2.75, 3.05) is 53.0 Å². The number of hydrogen-bond acceptors (Lipinski definition) is 14. The van der Waals surface area contributed by atoms with Crippen LogP contribution in [-0.4, -0.2) is 116 Å². The molecule has 4 aromatic rings. The van der Waals surface area contributed by atoms with Gasteiger partial charge in [-0.05, 0) is 99.8 Å². The minimum atomic E-state index is -1.41. The van der Waals surface area contributed by atoms with E-state index >= 15 is 0 Å². The van der Waals surface area contributed by atoms with E-state index in [4.69, 9.17) is 31.4 Å². The topological polar surface area (TPSA) is 292 Å². The molecule has 0 spiro atoms. The standard InChI is InChI=1S/C49H63N11O8/c1-6-7-8-23-66-35-13-10-33(11-14-35)44-55-29(2)42(30(3)56-44)47(63)58-38(17-18-50)49(65)60(5)43-34-12-16-41(68-25-21-53)37(28-34)36-26-32(9-15-40(36)67-24-20-52)27-39(46(62)54-22-19-51)59-45(61)31(4)57-48(43)64/h9-16,26,28,31,38-39,43H,6-8,17-18,20-25,27,50,52-53H2,1-5H3,(H,54,62)(H,57,64)(H,58,63)(H,59,61)/t31-,38?,39-,43-/m0/s1. The van der Waals surface area contributed by atoms with Crippen LogP contribution in [0.5, 0.6) is 17.2 Å². The van der Waals surface area contributed by atoms with Gasteiger partial charge in [-0.1, -0.05) is 31.9 Å². The highest BCUT2D eigenvalue weighted by Gasteiger charge is 2.36. The number of rotatable bonds is 20. The van der Waals surface area contributed by atoms with E-state index < -0.39 is 53.7 Å². The molecule has 0 fully saturated rings. The fraction of sp³-hybridized carbons (Fsp3) is 0.429. The molecule has 68 heavy (non-hydrogen) atoms. The van der Waals surface area contributed by atoms with Crippen LogP contribution in [0.2, 0.25) is 0 Å². The van der Waals surface area contributed by atoms with E-state index in [1.807, 2.05) is 30.3 Å². The van der Waals surface area contributed by atoms with Gasteiger partial charge < -0.3 is 57.6 Å². The summed E-state index contributed by atoms with van der Waals surface area (Å²) in [5.41, 5.74) is 21.2. The molecule has 4 atom stereocenters. The zero-order valence-electron chi connectivity index (χ0n) is 39.4. The second-order valence-corrected chi connectivity index (χ2v) is 16.4. The van der Waals surface area contributed by atoms with Crippen LogP contribution in [0.25, 0.3) is 22.5 Å². The van der Waals surface area contributed by atoms with Crippen molar-refractivity contribution in [1.29, 1.82) is 5.26 Å². The third kappa shape index (κ3) is 13.3. The van der Waals surface area contributed by atoms with Crippen molar-refractivity contribution in [3.05, 3.63) is 88.7 Å². The summed E-state index contributed by atoms with van der Waals surface area (Å²) in [7, 11) is 1.41. The summed E-state index contributed by atoms with van der Waals surface area (Å²) in [6, 6.07) is 14.4. The number of unbranched alkanes of at least 4 members (excludes halogenated alkanes) is 2. The largest absolute Gasteiger partial charge is 0.494 e. The van der Waals surface area contributed by atoms with Gasteiger partial charge >= 0.3 is 0 Å². The number of amides is 5. The van der Waals surface area contributed by atoms with Gasteiger partial charge in [0.05, 0.1) is 29.6 Å². The van der Waals surface area contributed by atoms with Gasteiger partial charge in [0.2, 0.25) is 23.6 Å². The van der Waals surface area contributed by atoms with Crippen LogP contribution >= 0.6 is 0 Å². The van der Waals surface area contributed by atoms with Crippen LogP contribution in [-0.2, 0) is 25.6 Å². The smallest absolute Gasteiger partial charge is 0.255 e. The van der Waals surface area contributed by atoms with Gasteiger partial charge in [0, 0.05) is 43.2 Å². The van der Waals surface area contributed by atoms with Crippen LogP contribution in [0.3, 0.4) is 0 Å². The first kappa shape index (κ1) is 51.8. The van der Waals surface area contributed by atoms with Gasteiger partial charge in [0.25, 0.3) is 5.91 Å². The molecule has 1 aromatic heterocycles. The van der Waals surface area contributed by atoms with E-state index in [0.29, 0.717) is 57.6 Å². The lowest BCUT2D eigenvalue weighted by Gasteiger charge is -2.32. The summed E-state index contributed by atoms with van der Waals surface area (Å²) in [6.45, 7) is 7.90. The zero-order valence-corrected chi connectivity index (χ0v) is 39.4. The molecule has 5 rings (SSSR count). The Balaban J connectivity index is 1.53. The highest BCUT2D eigenvalue weighted by atomic mass is 16.5. The normalized spacial score (nSPS) is 16.2. The molecule has 1 aliphatic heterocycles. The van der Waals surface area contributed by atoms with Crippen LogP contribution in [0.4, 0.5) is 0 Å². The Morgan fingerprint density at radius 3 is 2.12 bits per heavy atom. The van der Waals surface area contributed by atoms with Crippen LogP contribution in [0.15, 0.2) is 60.7 Å². The quantitative estimate of drug-likeness (QED) is 0.0495. The summed E-state index contributed by atoms with van der Waals surface area (Å²) < 4.78 is 18.0. The molecule has 1 aliphatic rings. The maximum atomic E-state index is 14.7. The molecule has 1 unspecified atom stereocenters. The van der Waals surface area contributed by atoms with E-state index in [-0.39, 0.29) is 57.8 Å². The Morgan fingerprint density at radius 1 is 0.853 bits per heavy atom. The summed E-state index contributed by atoms with van der Waals surface area (Å²) in [5, 5.41) is 19.9. The number of nitrogens with one attached hydrogen (secondary N) is 4. The minimum absolute atomic E-state index is 0.00111. The Kier molecular flexibility index (Phi) is 19.2. The molecule has 0 aliphatic carbocycles. The zero-order chi connectivity index (χ0) is 49.3. The maximum Gasteiger partial charge on any atom is 0.255 e. The molecule has 0 saturated carbocycles. The van der Waals surface area contributed by atoms with E-state index in [1.165, 1.54) is 18.9 Å². The third-order valence-corrected chi connectivity index (χ3v) is 11.2. The van der Waals surface area contributed by atoms with Crippen molar-refractivity contribution in [3.8, 4) is 45.8 Å². The van der Waals surface area contributed by atoms with E-state index in [1.54, 1.807) is 50.2 Å². The van der Waals surface area contributed by atoms with E-state index in [9.17, 15) is 29.2 Å². The second kappa shape index (κ2) is 25.1. The molecule has 362 valence electrons. The number of aromatic nitrogens is 2. The van der Waals surface area contributed by atoms with E-state index in [0.717, 1.165) is 30.6 Å². The van der Waals surface area contributed by atoms with Crippen LogP contribution in [0, 0.1) is 25.2 Å². The average molecular weight is 934 g/mol. The van der Waals surface area contributed by atoms with Gasteiger partial charge in [0.15, 0.2) is 5.82 Å². The first-order chi connectivity index (χ1) is 32.7. The predicted octanol–water partition coefficient (Wildman–Crippen LogP) is 2.50. The molecule has 19 nitrogen and oxygen atoms in total. The highest BCUT2D eigenvalue weighted by molar-refractivity contribution is 6.00. The Labute approximate surface area is 396 Å². The molecule has 10 N–H and O–H groups in total. The fourth-order valence-corrected chi connectivity index (χ4v) is 7.78. The summed E-state index contributed by atoms with van der Waals surface area (Å²) in [6.07, 6.45) is 3.14. The number of ether oxygens (including phenoxy) is 3. The summed E-state index contributed by atoms with van der Waals surface area (Å²) in [5.74, 6) is -1.47. The molecule has 2 heterocycles. The Morgan fingerprint density at radius 2 is 1.50 bits per heavy atom. The molecule has 5 amide bonds. The first-order valence-electron chi connectivity index (χ1n) is 22.8. The van der Waals surface area contributed by atoms with Gasteiger partial charge in [-0.15, -0.1) is 0 Å². The number of carbonyl (C=O) groups is 5. The average Bonchev–Trinajstić information content (AvgIpc) is 3.32. The molecule has 0 radical (unpaired) electrons. The minimum Gasteiger partial charge on any atom is -0.494 e. The number of nitrogens with zero attached hydrogens (tertiary/aromatic N) is 4. The third-order valence-electron chi connectivity index (χ3n) is 11.2. The van der Waals surface area contributed by atoms with Gasteiger partial charge in [-0.25, -0.2) is 9.97 Å². The monoisotopic (exact) mass is 933 g/mol. The van der Waals surface area contributed by atoms with Crippen molar-refractivity contribution in [2.24, 2.45) is 17.2 Å². The van der Waals surface area contributed by atoms with Crippen molar-refractivity contribution in [1.82, 2.24) is 36.1 Å². The summed E-state index contributed by atoms with van der Waals surface area (Å²) >= 11 is 0. The van der Waals surface area contributed by atoms with Crippen LogP contribution in [0.1, 0.15) is 78.4 Å². The number of benzene rings is 3. The maximum absolute atomic E-state index is 14.7. The van der Waals surface area contributed by atoms with Gasteiger partial charge in [-0.2, -0.15) is 5.26 Å². The molecule has 0 saturated heterocycles. The molecule has 4 bridgehead atoms. The molecular formula is C49H63N11O8. The van der Waals surface area contributed by atoms with Crippen molar-refractivity contribution in [3.63, 3.8) is 0 Å². The van der Waals surface area contributed by atoms with Gasteiger partial charge in [-0.3, -0.25) is 24.0 Å². The number of nitrogens with two attached hydrogens (primary N) is 3. The SMILES string of the molecule is CCCCCOc1ccc(-c2nc(C)c(C(=O)NC(CCN)C(=O)N(C)[C@@H]3C(=O)N[C@@H](C)C(=O)N[C@H](C(=O)NCC#N)Cc4ccc(OCCN)c(c4)-c4cc3ccc4OCCN)c(C)n2)cc1. The number of carbonyl (C=O) groups excluding carboxylic acids is 5. The number of likely N-dealkylation sites (N-methyl/N-ethyl adjacent to an activating group) is 1. The predicted molar refractivity (Wildman–Crippen MR) is 255 cm³/mol. The second-order valence-electron chi connectivity index (χ2n) is 16.4.